The molecule has 2 aromatic rings. The third-order valence-corrected chi connectivity index (χ3v) is 7.45. The highest BCUT2D eigenvalue weighted by atomic mass is 35.5. The maximum atomic E-state index is 12.7. The number of benzene rings is 1. The number of carbonyl (C=O) groups excluding carboxylic acids is 1. The van der Waals surface area contributed by atoms with Crippen molar-refractivity contribution in [1.29, 1.82) is 0 Å². The molecule has 1 aromatic heterocycles. The van der Waals surface area contributed by atoms with Crippen LogP contribution >= 0.6 is 57.7 Å². The van der Waals surface area contributed by atoms with Gasteiger partial charge in [-0.1, -0.05) is 59.4 Å². The molecule has 0 bridgehead atoms. The Morgan fingerprint density at radius 2 is 1.80 bits per heavy atom. The number of amides is 1. The zero-order valence-electron chi connectivity index (χ0n) is 12.7. The highest BCUT2D eigenvalue weighted by molar-refractivity contribution is 7.89. The quantitative estimate of drug-likeness (QED) is 0.657. The average molecular weight is 462 g/mol. The number of sulfonamides is 1. The number of hydrogen-bond donors (Lipinski definition) is 1. The van der Waals surface area contributed by atoms with Gasteiger partial charge in [-0.2, -0.15) is 4.31 Å². The van der Waals surface area contributed by atoms with E-state index in [-0.39, 0.29) is 35.8 Å². The molecule has 0 saturated carbocycles. The van der Waals surface area contributed by atoms with E-state index < -0.39 is 22.5 Å². The largest absolute Gasteiger partial charge is 0.322 e. The molecule has 11 heteroatoms. The van der Waals surface area contributed by atoms with E-state index in [1.165, 1.54) is 6.07 Å². The number of likely N-dealkylation sites (N-methyl/N-ethyl adjacent to an activating group) is 1. The molecule has 1 amide bonds. The molecule has 0 aliphatic heterocycles. The van der Waals surface area contributed by atoms with Gasteiger partial charge in [-0.25, -0.2) is 8.42 Å². The van der Waals surface area contributed by atoms with Crippen LogP contribution in [-0.4, -0.2) is 31.7 Å². The van der Waals surface area contributed by atoms with Gasteiger partial charge in [0.2, 0.25) is 15.9 Å². The van der Waals surface area contributed by atoms with E-state index >= 15 is 0 Å². The van der Waals surface area contributed by atoms with Crippen LogP contribution < -0.4 is 5.32 Å². The van der Waals surface area contributed by atoms with Gasteiger partial charge < -0.3 is 5.32 Å². The molecule has 1 N–H and O–H groups in total. The second-order valence-corrected chi connectivity index (χ2v) is 9.77. The Hall–Kier alpha value is -0.540. The Bertz CT molecular complexity index is 879. The molecule has 0 radical (unpaired) electrons. The lowest BCUT2D eigenvalue weighted by Crippen LogP contribution is -2.37. The molecule has 25 heavy (non-hydrogen) atoms. The Labute approximate surface area is 169 Å². The molecule has 1 heterocycles. The van der Waals surface area contributed by atoms with E-state index in [2.05, 4.69) is 5.32 Å². The van der Waals surface area contributed by atoms with Crippen molar-refractivity contribution >= 4 is 79.4 Å². The van der Waals surface area contributed by atoms with Crippen LogP contribution in [0.5, 0.6) is 0 Å². The lowest BCUT2D eigenvalue weighted by atomic mass is 10.3. The van der Waals surface area contributed by atoms with Crippen LogP contribution in [0.1, 0.15) is 6.92 Å². The third-order valence-electron chi connectivity index (χ3n) is 3.14. The summed E-state index contributed by atoms with van der Waals surface area (Å²) in [5.41, 5.74) is 0.223. The molecule has 136 valence electrons. The first-order valence-electron chi connectivity index (χ1n) is 6.85. The highest BCUT2D eigenvalue weighted by Crippen LogP contribution is 2.36. The summed E-state index contributed by atoms with van der Waals surface area (Å²) in [7, 11) is -3.97. The van der Waals surface area contributed by atoms with Crippen LogP contribution in [0.15, 0.2) is 29.2 Å². The fourth-order valence-corrected chi connectivity index (χ4v) is 5.97. The van der Waals surface area contributed by atoms with Crippen molar-refractivity contribution in [3.05, 3.63) is 43.0 Å². The van der Waals surface area contributed by atoms with E-state index in [4.69, 9.17) is 46.4 Å². The number of carbonyl (C=O) groups is 1. The van der Waals surface area contributed by atoms with Gasteiger partial charge in [0.25, 0.3) is 0 Å². The summed E-state index contributed by atoms with van der Waals surface area (Å²) in [6.07, 6.45) is 0. The van der Waals surface area contributed by atoms with Gasteiger partial charge in [0.1, 0.15) is 9.23 Å². The number of thiophene rings is 1. The van der Waals surface area contributed by atoms with Gasteiger partial charge in [0.15, 0.2) is 0 Å². The molecule has 2 rings (SSSR count). The zero-order chi connectivity index (χ0) is 18.8. The molecule has 0 unspecified atom stereocenters. The number of anilines is 1. The molecule has 0 aliphatic carbocycles. The number of nitrogens with one attached hydrogen (secondary N) is 1. The number of nitrogens with zero attached hydrogens (tertiary/aromatic N) is 1. The molecule has 0 spiro atoms. The maximum Gasteiger partial charge on any atom is 0.245 e. The van der Waals surface area contributed by atoms with E-state index in [0.717, 1.165) is 15.6 Å². The first-order valence-corrected chi connectivity index (χ1v) is 10.6. The van der Waals surface area contributed by atoms with Gasteiger partial charge in [0.05, 0.1) is 26.6 Å². The van der Waals surface area contributed by atoms with E-state index in [9.17, 15) is 13.2 Å². The molecule has 5 nitrogen and oxygen atoms in total. The van der Waals surface area contributed by atoms with Crippen molar-refractivity contribution in [2.24, 2.45) is 0 Å². The summed E-state index contributed by atoms with van der Waals surface area (Å²) >= 11 is 24.7. The van der Waals surface area contributed by atoms with Crippen molar-refractivity contribution in [3.63, 3.8) is 0 Å². The van der Waals surface area contributed by atoms with Crippen molar-refractivity contribution in [2.45, 2.75) is 11.8 Å². The number of para-hydroxylation sites is 1. The third kappa shape index (κ3) is 4.80. The minimum absolute atomic E-state index is 0.0398. The second-order valence-electron chi connectivity index (χ2n) is 4.76. The lowest BCUT2D eigenvalue weighted by Gasteiger charge is -2.20. The second kappa shape index (κ2) is 8.43. The maximum absolute atomic E-state index is 12.7. The van der Waals surface area contributed by atoms with Gasteiger partial charge in [-0.15, -0.1) is 11.3 Å². The summed E-state index contributed by atoms with van der Waals surface area (Å²) in [6.45, 7) is 1.25. The number of rotatable bonds is 6. The summed E-state index contributed by atoms with van der Waals surface area (Å²) in [5, 5.41) is 3.02. The zero-order valence-corrected chi connectivity index (χ0v) is 17.4. The summed E-state index contributed by atoms with van der Waals surface area (Å²) < 4.78 is 26.6. The van der Waals surface area contributed by atoms with E-state index in [1.807, 2.05) is 0 Å². The van der Waals surface area contributed by atoms with Gasteiger partial charge in [-0.3, -0.25) is 4.79 Å². The van der Waals surface area contributed by atoms with Gasteiger partial charge in [-0.05, 0) is 18.2 Å². The molecule has 0 aliphatic rings. The Morgan fingerprint density at radius 1 is 1.20 bits per heavy atom. The number of hydrogen-bond acceptors (Lipinski definition) is 4. The minimum atomic E-state index is -3.97. The van der Waals surface area contributed by atoms with Crippen LogP contribution in [0.25, 0.3) is 0 Å². The van der Waals surface area contributed by atoms with Crippen LogP contribution in [0.4, 0.5) is 5.69 Å². The fourth-order valence-electron chi connectivity index (χ4n) is 1.96. The molecule has 1 aromatic carbocycles. The van der Waals surface area contributed by atoms with Crippen LogP contribution in [-0.2, 0) is 14.8 Å². The smallest absolute Gasteiger partial charge is 0.245 e. The van der Waals surface area contributed by atoms with Crippen molar-refractivity contribution in [3.8, 4) is 0 Å². The summed E-state index contributed by atoms with van der Waals surface area (Å²) in [4.78, 5) is 12.1. The van der Waals surface area contributed by atoms with Crippen LogP contribution in [0.2, 0.25) is 18.7 Å². The van der Waals surface area contributed by atoms with Gasteiger partial charge >= 0.3 is 0 Å². The fraction of sp³-hybridized carbons (Fsp3) is 0.214. The first-order chi connectivity index (χ1) is 11.7. The molecular weight excluding hydrogens is 450 g/mol. The van der Waals surface area contributed by atoms with Crippen LogP contribution in [0, 0.1) is 0 Å². The minimum Gasteiger partial charge on any atom is -0.322 e. The molecule has 0 fully saturated rings. The SMILES string of the molecule is CCN(CC(=O)Nc1c(Cl)cccc1Cl)S(=O)(=O)c1cc(Cl)sc1Cl. The molecule has 0 atom stereocenters. The number of halogens is 4. The highest BCUT2D eigenvalue weighted by Gasteiger charge is 2.29. The topological polar surface area (TPSA) is 66.5 Å². The Morgan fingerprint density at radius 3 is 2.28 bits per heavy atom. The predicted molar refractivity (Wildman–Crippen MR) is 104 cm³/mol. The summed E-state index contributed by atoms with van der Waals surface area (Å²) in [5.74, 6) is -0.585. The van der Waals surface area contributed by atoms with Crippen molar-refractivity contribution < 1.29 is 13.2 Å². The average Bonchev–Trinajstić information content (AvgIpc) is 2.88. The van der Waals surface area contributed by atoms with E-state index in [1.54, 1.807) is 25.1 Å². The first kappa shape index (κ1) is 20.8. The van der Waals surface area contributed by atoms with Crippen molar-refractivity contribution in [1.82, 2.24) is 4.31 Å². The Kier molecular flexibility index (Phi) is 7.01. The monoisotopic (exact) mass is 460 g/mol. The molecule has 0 saturated heterocycles. The standard InChI is InChI=1S/C14H12Cl4N2O3S2/c1-2-20(25(22,23)10-6-11(17)24-14(10)18)7-12(21)19-13-8(15)4-3-5-9(13)16/h3-6H,2,7H2,1H3,(H,19,21). The van der Waals surface area contributed by atoms with Crippen molar-refractivity contribution in [2.75, 3.05) is 18.4 Å². The van der Waals surface area contributed by atoms with Crippen LogP contribution in [0.3, 0.4) is 0 Å². The Balaban J connectivity index is 2.21. The molecular formula is C14H12Cl4N2O3S2. The van der Waals surface area contributed by atoms with Gasteiger partial charge in [0, 0.05) is 6.54 Å². The predicted octanol–water partition coefficient (Wildman–Crippen LogP) is 5.01. The van der Waals surface area contributed by atoms with E-state index in [0.29, 0.717) is 0 Å². The normalized spacial score (nSPS) is 11.8. The summed E-state index contributed by atoms with van der Waals surface area (Å²) in [6, 6.07) is 6.01. The lowest BCUT2D eigenvalue weighted by molar-refractivity contribution is -0.116.